The first-order chi connectivity index (χ1) is 12.6. The second-order valence-electron chi connectivity index (χ2n) is 6.81. The molecule has 0 atom stereocenters. The van der Waals surface area contributed by atoms with Gasteiger partial charge in [0.1, 0.15) is 5.75 Å². The van der Waals surface area contributed by atoms with Crippen LogP contribution in [0, 0.1) is 0 Å². The third kappa shape index (κ3) is 6.94. The maximum atomic E-state index is 12.2. The Morgan fingerprint density at radius 3 is 2.50 bits per heavy atom. The van der Waals surface area contributed by atoms with Gasteiger partial charge in [0.15, 0.2) is 0 Å². The van der Waals surface area contributed by atoms with Gasteiger partial charge in [-0.2, -0.15) is 0 Å². The quantitative estimate of drug-likeness (QED) is 0.747. The zero-order valence-corrected chi connectivity index (χ0v) is 15.9. The summed E-state index contributed by atoms with van der Waals surface area (Å²) in [6, 6.07) is 7.86. The van der Waals surface area contributed by atoms with E-state index in [1.54, 1.807) is 11.9 Å². The molecular formula is C20H31N3O3. The van der Waals surface area contributed by atoms with E-state index in [0.717, 1.165) is 24.2 Å². The normalized spacial score (nSPS) is 14.5. The SMILES string of the molecule is CCOc1ccc(CN(C)C(=O)CCNC(=O)NC2CCCCC2)cc1. The monoisotopic (exact) mass is 361 g/mol. The molecular weight excluding hydrogens is 330 g/mol. The average molecular weight is 361 g/mol. The number of amides is 3. The fraction of sp³-hybridized carbons (Fsp3) is 0.600. The predicted octanol–water partition coefficient (Wildman–Crippen LogP) is 3.07. The predicted molar refractivity (Wildman–Crippen MR) is 102 cm³/mol. The van der Waals surface area contributed by atoms with Gasteiger partial charge >= 0.3 is 6.03 Å². The number of nitrogens with one attached hydrogen (secondary N) is 2. The second-order valence-corrected chi connectivity index (χ2v) is 6.81. The Labute approximate surface area is 156 Å². The lowest BCUT2D eigenvalue weighted by Gasteiger charge is -2.23. The van der Waals surface area contributed by atoms with E-state index in [4.69, 9.17) is 4.74 Å². The van der Waals surface area contributed by atoms with Gasteiger partial charge in [-0.25, -0.2) is 4.79 Å². The van der Waals surface area contributed by atoms with Crippen LogP contribution in [0.5, 0.6) is 5.75 Å². The standard InChI is InChI=1S/C20H31N3O3/c1-3-26-18-11-9-16(10-12-18)15-23(2)19(24)13-14-21-20(25)22-17-7-5-4-6-8-17/h9-12,17H,3-8,13-15H2,1-2H3,(H2,21,22,25). The van der Waals surface area contributed by atoms with Crippen LogP contribution in [0.25, 0.3) is 0 Å². The highest BCUT2D eigenvalue weighted by atomic mass is 16.5. The van der Waals surface area contributed by atoms with Crippen molar-refractivity contribution in [2.24, 2.45) is 0 Å². The van der Waals surface area contributed by atoms with Crippen molar-refractivity contribution in [1.29, 1.82) is 0 Å². The number of rotatable bonds is 8. The van der Waals surface area contributed by atoms with Crippen LogP contribution in [-0.2, 0) is 11.3 Å². The maximum Gasteiger partial charge on any atom is 0.315 e. The molecule has 1 fully saturated rings. The van der Waals surface area contributed by atoms with Crippen molar-refractivity contribution < 1.29 is 14.3 Å². The highest BCUT2D eigenvalue weighted by Crippen LogP contribution is 2.17. The van der Waals surface area contributed by atoms with E-state index in [-0.39, 0.29) is 18.0 Å². The number of hydrogen-bond acceptors (Lipinski definition) is 3. The molecule has 0 unspecified atom stereocenters. The van der Waals surface area contributed by atoms with E-state index in [0.29, 0.717) is 26.1 Å². The van der Waals surface area contributed by atoms with Gasteiger partial charge in [0.05, 0.1) is 6.61 Å². The molecule has 144 valence electrons. The van der Waals surface area contributed by atoms with Gasteiger partial charge in [0.25, 0.3) is 0 Å². The number of carbonyl (C=O) groups is 2. The van der Waals surface area contributed by atoms with Crippen LogP contribution in [0.3, 0.4) is 0 Å². The highest BCUT2D eigenvalue weighted by Gasteiger charge is 2.16. The van der Waals surface area contributed by atoms with Gasteiger partial charge in [0.2, 0.25) is 5.91 Å². The average Bonchev–Trinajstić information content (AvgIpc) is 2.64. The first kappa shape index (κ1) is 20.1. The Morgan fingerprint density at radius 1 is 1.15 bits per heavy atom. The molecule has 0 aliphatic heterocycles. The van der Waals surface area contributed by atoms with Crippen LogP contribution in [0.4, 0.5) is 4.79 Å². The molecule has 2 rings (SSSR count). The molecule has 1 aliphatic rings. The van der Waals surface area contributed by atoms with E-state index in [9.17, 15) is 9.59 Å². The summed E-state index contributed by atoms with van der Waals surface area (Å²) in [6.45, 7) is 3.48. The number of benzene rings is 1. The molecule has 6 heteroatoms. The summed E-state index contributed by atoms with van der Waals surface area (Å²) in [5.74, 6) is 0.843. The molecule has 0 spiro atoms. The molecule has 2 N–H and O–H groups in total. The molecule has 0 aromatic heterocycles. The van der Waals surface area contributed by atoms with E-state index in [2.05, 4.69) is 10.6 Å². The van der Waals surface area contributed by atoms with E-state index in [1.165, 1.54) is 19.3 Å². The zero-order valence-electron chi connectivity index (χ0n) is 15.9. The molecule has 1 aromatic carbocycles. The van der Waals surface area contributed by atoms with Gasteiger partial charge < -0.3 is 20.3 Å². The summed E-state index contributed by atoms with van der Waals surface area (Å²) in [6.07, 6.45) is 6.02. The number of ether oxygens (including phenoxy) is 1. The lowest BCUT2D eigenvalue weighted by Crippen LogP contribution is -2.43. The Balaban J connectivity index is 1.65. The lowest BCUT2D eigenvalue weighted by atomic mass is 9.96. The molecule has 1 saturated carbocycles. The highest BCUT2D eigenvalue weighted by molar-refractivity contribution is 5.78. The molecule has 0 radical (unpaired) electrons. The summed E-state index contributed by atoms with van der Waals surface area (Å²) in [4.78, 5) is 25.8. The molecule has 26 heavy (non-hydrogen) atoms. The van der Waals surface area contributed by atoms with Crippen molar-refractivity contribution in [2.75, 3.05) is 20.2 Å². The van der Waals surface area contributed by atoms with Gasteiger partial charge in [-0.15, -0.1) is 0 Å². The Hall–Kier alpha value is -2.24. The van der Waals surface area contributed by atoms with Crippen molar-refractivity contribution in [3.63, 3.8) is 0 Å². The number of carbonyl (C=O) groups excluding carboxylic acids is 2. The number of nitrogens with zero attached hydrogens (tertiary/aromatic N) is 1. The molecule has 6 nitrogen and oxygen atoms in total. The maximum absolute atomic E-state index is 12.2. The van der Waals surface area contributed by atoms with Crippen molar-refractivity contribution >= 4 is 11.9 Å². The fourth-order valence-electron chi connectivity index (χ4n) is 3.18. The molecule has 0 heterocycles. The van der Waals surface area contributed by atoms with Gasteiger partial charge in [0, 0.05) is 32.6 Å². The molecule has 1 aliphatic carbocycles. The van der Waals surface area contributed by atoms with E-state index in [1.807, 2.05) is 31.2 Å². The van der Waals surface area contributed by atoms with Crippen LogP contribution in [0.2, 0.25) is 0 Å². The minimum absolute atomic E-state index is 0.0110. The van der Waals surface area contributed by atoms with Crippen LogP contribution in [-0.4, -0.2) is 43.1 Å². The van der Waals surface area contributed by atoms with Crippen molar-refractivity contribution in [2.45, 2.75) is 58.0 Å². The zero-order chi connectivity index (χ0) is 18.8. The van der Waals surface area contributed by atoms with Crippen LogP contribution in [0.1, 0.15) is 51.0 Å². The second kappa shape index (κ2) is 10.7. The summed E-state index contributed by atoms with van der Waals surface area (Å²) in [5, 5.41) is 5.78. The Bertz CT molecular complexity index is 568. The van der Waals surface area contributed by atoms with Crippen LogP contribution >= 0.6 is 0 Å². The fourth-order valence-corrected chi connectivity index (χ4v) is 3.18. The molecule has 0 bridgehead atoms. The molecule has 3 amide bonds. The summed E-state index contributed by atoms with van der Waals surface area (Å²) in [5.41, 5.74) is 1.05. The third-order valence-corrected chi connectivity index (χ3v) is 4.64. The largest absolute Gasteiger partial charge is 0.494 e. The Morgan fingerprint density at radius 2 is 1.85 bits per heavy atom. The van der Waals surface area contributed by atoms with Crippen molar-refractivity contribution in [3.05, 3.63) is 29.8 Å². The number of urea groups is 1. The van der Waals surface area contributed by atoms with E-state index < -0.39 is 0 Å². The minimum Gasteiger partial charge on any atom is -0.494 e. The summed E-state index contributed by atoms with van der Waals surface area (Å²) >= 11 is 0. The Kier molecular flexibility index (Phi) is 8.25. The topological polar surface area (TPSA) is 70.7 Å². The molecule has 1 aromatic rings. The van der Waals surface area contributed by atoms with Gasteiger partial charge in [-0.3, -0.25) is 4.79 Å². The van der Waals surface area contributed by atoms with Crippen LogP contribution in [0.15, 0.2) is 24.3 Å². The first-order valence-electron chi connectivity index (χ1n) is 9.58. The first-order valence-corrected chi connectivity index (χ1v) is 9.58. The lowest BCUT2D eigenvalue weighted by molar-refractivity contribution is -0.130. The van der Waals surface area contributed by atoms with Gasteiger partial charge in [-0.05, 0) is 37.5 Å². The van der Waals surface area contributed by atoms with E-state index >= 15 is 0 Å². The van der Waals surface area contributed by atoms with Gasteiger partial charge in [-0.1, -0.05) is 31.4 Å². The molecule has 0 saturated heterocycles. The summed E-state index contributed by atoms with van der Waals surface area (Å²) in [7, 11) is 1.78. The van der Waals surface area contributed by atoms with Crippen LogP contribution < -0.4 is 15.4 Å². The van der Waals surface area contributed by atoms with Crippen molar-refractivity contribution in [1.82, 2.24) is 15.5 Å². The summed E-state index contributed by atoms with van der Waals surface area (Å²) < 4.78 is 5.42. The third-order valence-electron chi connectivity index (χ3n) is 4.64. The number of hydrogen-bond donors (Lipinski definition) is 2. The van der Waals surface area contributed by atoms with Crippen molar-refractivity contribution in [3.8, 4) is 5.75 Å². The smallest absolute Gasteiger partial charge is 0.315 e. The minimum atomic E-state index is -0.168.